The first-order valence-corrected chi connectivity index (χ1v) is 8.35. The Balaban J connectivity index is 1.89. The molecule has 3 N–H and O–H groups in total. The van der Waals surface area contributed by atoms with Gasteiger partial charge in [0.1, 0.15) is 11.7 Å². The highest BCUT2D eigenvalue weighted by molar-refractivity contribution is 7.03. The van der Waals surface area contributed by atoms with Crippen LogP contribution in [-0.2, 0) is 4.79 Å². The number of rotatable bonds is 4. The van der Waals surface area contributed by atoms with Gasteiger partial charge in [0.25, 0.3) is 0 Å². The van der Waals surface area contributed by atoms with E-state index in [-0.39, 0.29) is 11.4 Å². The molecule has 1 atom stereocenters. The molecule has 1 heterocycles. The van der Waals surface area contributed by atoms with Crippen LogP contribution in [-0.4, -0.2) is 33.1 Å². The number of anilines is 1. The van der Waals surface area contributed by atoms with Crippen LogP contribution in [0.2, 0.25) is 0 Å². The molecule has 0 saturated carbocycles. The SMILES string of the molecule is C[C@@H](NC(=O)Nc1ccc(-c2csnn2)cc1)C(=O)NC(C)(C)C. The lowest BCUT2D eigenvalue weighted by atomic mass is 10.1. The lowest BCUT2D eigenvalue weighted by Gasteiger charge is -2.23. The Kier molecular flexibility index (Phi) is 5.50. The van der Waals surface area contributed by atoms with Gasteiger partial charge in [-0.1, -0.05) is 16.6 Å². The van der Waals surface area contributed by atoms with Gasteiger partial charge in [-0.3, -0.25) is 4.79 Å². The van der Waals surface area contributed by atoms with Crippen molar-refractivity contribution in [3.63, 3.8) is 0 Å². The molecule has 0 radical (unpaired) electrons. The molecule has 2 rings (SSSR count). The third kappa shape index (κ3) is 5.31. The highest BCUT2D eigenvalue weighted by Gasteiger charge is 2.20. The van der Waals surface area contributed by atoms with Gasteiger partial charge in [-0.15, -0.1) is 5.10 Å². The topological polar surface area (TPSA) is 96.0 Å². The second-order valence-corrected chi connectivity index (χ2v) is 7.04. The van der Waals surface area contributed by atoms with Crippen molar-refractivity contribution in [2.75, 3.05) is 5.32 Å². The third-order valence-electron chi connectivity index (χ3n) is 3.04. The minimum absolute atomic E-state index is 0.232. The maximum absolute atomic E-state index is 12.0. The molecule has 0 unspecified atom stereocenters. The van der Waals surface area contributed by atoms with Gasteiger partial charge in [-0.2, -0.15) is 0 Å². The highest BCUT2D eigenvalue weighted by atomic mass is 32.1. The largest absolute Gasteiger partial charge is 0.350 e. The average Bonchev–Trinajstić information content (AvgIpc) is 3.00. The van der Waals surface area contributed by atoms with Crippen LogP contribution in [0.4, 0.5) is 10.5 Å². The average molecular weight is 347 g/mol. The number of benzene rings is 1. The van der Waals surface area contributed by atoms with Gasteiger partial charge in [0.2, 0.25) is 5.91 Å². The molecule has 128 valence electrons. The van der Waals surface area contributed by atoms with Crippen LogP contribution in [0.5, 0.6) is 0 Å². The third-order valence-corrected chi connectivity index (χ3v) is 3.54. The highest BCUT2D eigenvalue weighted by Crippen LogP contribution is 2.19. The van der Waals surface area contributed by atoms with Gasteiger partial charge in [-0.25, -0.2) is 4.79 Å². The standard InChI is InChI=1S/C16H21N5O2S/c1-10(14(22)19-16(2,3)4)17-15(23)18-12-7-5-11(6-8-12)13-9-24-21-20-13/h5-10H,1-4H3,(H,19,22)(H2,17,18,23)/t10-/m1/s1. The Bertz CT molecular complexity index is 692. The normalized spacial score (nSPS) is 12.3. The molecule has 0 bridgehead atoms. The number of carbonyl (C=O) groups excluding carboxylic acids is 2. The lowest BCUT2D eigenvalue weighted by Crippen LogP contribution is -2.51. The van der Waals surface area contributed by atoms with Crippen molar-refractivity contribution in [1.82, 2.24) is 20.2 Å². The van der Waals surface area contributed by atoms with Crippen LogP contribution in [0.25, 0.3) is 11.3 Å². The zero-order chi connectivity index (χ0) is 17.7. The molecule has 8 heteroatoms. The number of urea groups is 1. The molecule has 0 spiro atoms. The van der Waals surface area contributed by atoms with Crippen molar-refractivity contribution in [3.8, 4) is 11.3 Å². The number of hydrogen-bond acceptors (Lipinski definition) is 5. The Morgan fingerprint density at radius 1 is 1.17 bits per heavy atom. The maximum Gasteiger partial charge on any atom is 0.319 e. The summed E-state index contributed by atoms with van der Waals surface area (Å²) in [5, 5.41) is 14.0. The Labute approximate surface area is 145 Å². The fourth-order valence-corrected chi connectivity index (χ4v) is 2.39. The van der Waals surface area contributed by atoms with Gasteiger partial charge in [0.15, 0.2) is 0 Å². The zero-order valence-corrected chi connectivity index (χ0v) is 14.9. The van der Waals surface area contributed by atoms with Crippen molar-refractivity contribution in [2.24, 2.45) is 0 Å². The number of nitrogens with zero attached hydrogens (tertiary/aromatic N) is 2. The summed E-state index contributed by atoms with van der Waals surface area (Å²) in [6, 6.07) is 6.17. The smallest absolute Gasteiger partial charge is 0.319 e. The quantitative estimate of drug-likeness (QED) is 0.792. The molecule has 1 aromatic heterocycles. The van der Waals surface area contributed by atoms with Crippen LogP contribution < -0.4 is 16.0 Å². The van der Waals surface area contributed by atoms with Crippen LogP contribution >= 0.6 is 11.5 Å². The fraction of sp³-hybridized carbons (Fsp3) is 0.375. The number of hydrogen-bond donors (Lipinski definition) is 3. The van der Waals surface area contributed by atoms with Gasteiger partial charge < -0.3 is 16.0 Å². The van der Waals surface area contributed by atoms with E-state index in [1.54, 1.807) is 19.1 Å². The molecule has 2 aromatic rings. The molecule has 0 aliphatic heterocycles. The predicted octanol–water partition coefficient (Wildman–Crippen LogP) is 2.63. The van der Waals surface area contributed by atoms with Crippen molar-refractivity contribution in [2.45, 2.75) is 39.3 Å². The van der Waals surface area contributed by atoms with Crippen molar-refractivity contribution < 1.29 is 9.59 Å². The predicted molar refractivity (Wildman–Crippen MR) is 94.9 cm³/mol. The van der Waals surface area contributed by atoms with E-state index in [0.717, 1.165) is 11.3 Å². The maximum atomic E-state index is 12.0. The summed E-state index contributed by atoms with van der Waals surface area (Å²) in [4.78, 5) is 23.9. The minimum Gasteiger partial charge on any atom is -0.350 e. The molecule has 0 saturated heterocycles. The second-order valence-electron chi connectivity index (χ2n) is 6.43. The van der Waals surface area contributed by atoms with Gasteiger partial charge >= 0.3 is 6.03 Å². The summed E-state index contributed by atoms with van der Waals surface area (Å²) in [7, 11) is 0. The first kappa shape index (κ1) is 17.9. The number of carbonyl (C=O) groups is 2. The summed E-state index contributed by atoms with van der Waals surface area (Å²) < 4.78 is 3.82. The molecule has 3 amide bonds. The van der Waals surface area contributed by atoms with E-state index in [1.165, 1.54) is 11.5 Å². The summed E-state index contributed by atoms with van der Waals surface area (Å²) in [5.74, 6) is -0.232. The molecular weight excluding hydrogens is 326 g/mol. The summed E-state index contributed by atoms with van der Waals surface area (Å²) in [5.41, 5.74) is 2.00. The Morgan fingerprint density at radius 3 is 2.38 bits per heavy atom. The summed E-state index contributed by atoms with van der Waals surface area (Å²) in [6.45, 7) is 7.30. The van der Waals surface area contributed by atoms with Gasteiger partial charge in [0, 0.05) is 22.2 Å². The van der Waals surface area contributed by atoms with Crippen molar-refractivity contribution >= 4 is 29.2 Å². The molecule has 24 heavy (non-hydrogen) atoms. The summed E-state index contributed by atoms with van der Waals surface area (Å²) >= 11 is 1.28. The summed E-state index contributed by atoms with van der Waals surface area (Å²) in [6.07, 6.45) is 0. The van der Waals surface area contributed by atoms with Crippen molar-refractivity contribution in [3.05, 3.63) is 29.6 Å². The molecule has 0 aliphatic carbocycles. The fourth-order valence-electron chi connectivity index (χ4n) is 1.92. The monoisotopic (exact) mass is 347 g/mol. The van der Waals surface area contributed by atoms with E-state index in [1.807, 2.05) is 38.3 Å². The number of aromatic nitrogens is 2. The van der Waals surface area contributed by atoms with Crippen LogP contribution in [0.3, 0.4) is 0 Å². The van der Waals surface area contributed by atoms with Gasteiger partial charge in [-0.05, 0) is 51.4 Å². The first-order valence-electron chi connectivity index (χ1n) is 7.51. The molecule has 0 fully saturated rings. The molecule has 1 aromatic carbocycles. The Hall–Kier alpha value is -2.48. The van der Waals surface area contributed by atoms with Crippen molar-refractivity contribution in [1.29, 1.82) is 0 Å². The molecule has 7 nitrogen and oxygen atoms in total. The van der Waals surface area contributed by atoms with E-state index in [4.69, 9.17) is 0 Å². The van der Waals surface area contributed by atoms with Gasteiger partial charge in [0.05, 0.1) is 0 Å². The lowest BCUT2D eigenvalue weighted by molar-refractivity contribution is -0.123. The first-order chi connectivity index (χ1) is 11.2. The van der Waals surface area contributed by atoms with Crippen LogP contribution in [0, 0.1) is 0 Å². The van der Waals surface area contributed by atoms with E-state index < -0.39 is 12.1 Å². The number of nitrogens with one attached hydrogen (secondary N) is 3. The molecule has 0 aliphatic rings. The van der Waals surface area contributed by atoms with E-state index >= 15 is 0 Å². The van der Waals surface area contributed by atoms with Crippen LogP contribution in [0.15, 0.2) is 29.6 Å². The zero-order valence-electron chi connectivity index (χ0n) is 14.1. The van der Waals surface area contributed by atoms with E-state index in [0.29, 0.717) is 5.69 Å². The minimum atomic E-state index is -0.635. The Morgan fingerprint density at radius 2 is 1.83 bits per heavy atom. The van der Waals surface area contributed by atoms with E-state index in [2.05, 4.69) is 25.5 Å². The molecular formula is C16H21N5O2S. The number of amides is 3. The van der Waals surface area contributed by atoms with E-state index in [9.17, 15) is 9.59 Å². The van der Waals surface area contributed by atoms with Crippen LogP contribution in [0.1, 0.15) is 27.7 Å². The second kappa shape index (κ2) is 7.39.